The molecule has 1 N–H and O–H groups in total. The van der Waals surface area contributed by atoms with Crippen molar-refractivity contribution >= 4 is 5.97 Å². The van der Waals surface area contributed by atoms with Crippen molar-refractivity contribution in [2.45, 2.75) is 47.1 Å². The summed E-state index contributed by atoms with van der Waals surface area (Å²) in [7, 11) is 0. The highest BCUT2D eigenvalue weighted by Gasteiger charge is 2.28. The summed E-state index contributed by atoms with van der Waals surface area (Å²) in [6.45, 7) is 11.4. The zero-order valence-corrected chi connectivity index (χ0v) is 11.0. The maximum absolute atomic E-state index is 11.4. The standard InChI is InChI=1S/C13H22O3/c1-7-16-11(14)13(6,15)9-8-10(2)12(3,4)5/h9,15H,7H2,1-6H3/t8?,13-/m0/s1. The van der Waals surface area contributed by atoms with Gasteiger partial charge in [0.15, 0.2) is 5.60 Å². The van der Waals surface area contributed by atoms with E-state index in [1.54, 1.807) is 6.92 Å². The summed E-state index contributed by atoms with van der Waals surface area (Å²) in [6, 6.07) is 0. The predicted molar refractivity (Wildman–Crippen MR) is 64.0 cm³/mol. The molecule has 16 heavy (non-hydrogen) atoms. The minimum Gasteiger partial charge on any atom is -0.464 e. The number of aliphatic hydroxyl groups is 1. The predicted octanol–water partition coefficient (Wildman–Crippen LogP) is 2.45. The van der Waals surface area contributed by atoms with Crippen LogP contribution in [0.4, 0.5) is 0 Å². The van der Waals surface area contributed by atoms with Crippen LogP contribution in [0.5, 0.6) is 0 Å². The van der Waals surface area contributed by atoms with E-state index < -0.39 is 11.6 Å². The number of hydrogen-bond donors (Lipinski definition) is 1. The van der Waals surface area contributed by atoms with Crippen LogP contribution >= 0.6 is 0 Å². The van der Waals surface area contributed by atoms with Crippen molar-refractivity contribution in [3.63, 3.8) is 0 Å². The number of carbonyl (C=O) groups excluding carboxylic acids is 1. The number of esters is 1. The molecular formula is C13H22O3. The first-order valence-corrected chi connectivity index (χ1v) is 5.45. The second-order valence-electron chi connectivity index (χ2n) is 5.03. The molecule has 0 unspecified atom stereocenters. The Kier molecular flexibility index (Phi) is 4.98. The zero-order chi connectivity index (χ0) is 13.0. The van der Waals surface area contributed by atoms with E-state index in [0.29, 0.717) is 0 Å². The fourth-order valence-electron chi connectivity index (χ4n) is 0.801. The quantitative estimate of drug-likeness (QED) is 0.594. The number of rotatable bonds is 3. The number of hydrogen-bond acceptors (Lipinski definition) is 3. The minimum atomic E-state index is -1.61. The second-order valence-corrected chi connectivity index (χ2v) is 5.03. The lowest BCUT2D eigenvalue weighted by Crippen LogP contribution is -2.34. The molecule has 92 valence electrons. The average molecular weight is 226 g/mol. The molecule has 0 fully saturated rings. The van der Waals surface area contributed by atoms with Crippen LogP contribution in [0, 0.1) is 5.41 Å². The molecule has 3 heteroatoms. The van der Waals surface area contributed by atoms with E-state index in [4.69, 9.17) is 4.74 Å². The van der Waals surface area contributed by atoms with Crippen LogP contribution < -0.4 is 0 Å². The number of ether oxygens (including phenoxy) is 1. The molecule has 0 aliphatic carbocycles. The Bertz CT molecular complexity index is 313. The molecule has 0 saturated carbocycles. The lowest BCUT2D eigenvalue weighted by atomic mass is 9.88. The van der Waals surface area contributed by atoms with Crippen molar-refractivity contribution in [3.8, 4) is 0 Å². The highest BCUT2D eigenvalue weighted by molar-refractivity contribution is 5.81. The van der Waals surface area contributed by atoms with Gasteiger partial charge in [0.1, 0.15) is 0 Å². The zero-order valence-electron chi connectivity index (χ0n) is 11.0. The lowest BCUT2D eigenvalue weighted by Gasteiger charge is -2.18. The Morgan fingerprint density at radius 1 is 1.38 bits per heavy atom. The van der Waals surface area contributed by atoms with E-state index in [-0.39, 0.29) is 12.0 Å². The molecule has 0 spiro atoms. The van der Waals surface area contributed by atoms with E-state index in [0.717, 1.165) is 5.57 Å². The van der Waals surface area contributed by atoms with E-state index >= 15 is 0 Å². The van der Waals surface area contributed by atoms with Crippen LogP contribution in [0.25, 0.3) is 0 Å². The molecule has 0 rings (SSSR count). The molecular weight excluding hydrogens is 204 g/mol. The second kappa shape index (κ2) is 5.33. The van der Waals surface area contributed by atoms with Crippen molar-refractivity contribution in [3.05, 3.63) is 17.4 Å². The molecule has 0 aromatic heterocycles. The third-order valence-corrected chi connectivity index (χ3v) is 2.38. The van der Waals surface area contributed by atoms with Crippen LogP contribution in [0.3, 0.4) is 0 Å². The van der Waals surface area contributed by atoms with Crippen molar-refractivity contribution in [1.82, 2.24) is 0 Å². The van der Waals surface area contributed by atoms with Gasteiger partial charge in [-0.1, -0.05) is 20.8 Å². The van der Waals surface area contributed by atoms with Crippen LogP contribution in [-0.4, -0.2) is 23.3 Å². The Labute approximate surface area is 97.8 Å². The molecule has 0 aliphatic heterocycles. The van der Waals surface area contributed by atoms with Gasteiger partial charge in [0.25, 0.3) is 0 Å². The molecule has 0 aliphatic rings. The Morgan fingerprint density at radius 3 is 2.25 bits per heavy atom. The summed E-state index contributed by atoms with van der Waals surface area (Å²) in [5, 5.41) is 9.82. The highest BCUT2D eigenvalue weighted by atomic mass is 16.5. The SMILES string of the molecule is CCOC(=O)[C@@](C)(O)C=C=C(C)C(C)(C)C. The smallest absolute Gasteiger partial charge is 0.342 e. The summed E-state index contributed by atoms with van der Waals surface area (Å²) in [6.07, 6.45) is 1.35. The topological polar surface area (TPSA) is 46.5 Å². The van der Waals surface area contributed by atoms with E-state index in [1.165, 1.54) is 13.0 Å². The molecule has 0 saturated heterocycles. The summed E-state index contributed by atoms with van der Waals surface area (Å²) in [5.41, 5.74) is 2.28. The lowest BCUT2D eigenvalue weighted by molar-refractivity contribution is -0.158. The van der Waals surface area contributed by atoms with Gasteiger partial charge in [-0.3, -0.25) is 0 Å². The van der Waals surface area contributed by atoms with Crippen molar-refractivity contribution < 1.29 is 14.6 Å². The minimum absolute atomic E-state index is 0.0265. The van der Waals surface area contributed by atoms with E-state index in [1.807, 2.05) is 27.7 Å². The van der Waals surface area contributed by atoms with Crippen LogP contribution in [0.1, 0.15) is 41.5 Å². The van der Waals surface area contributed by atoms with E-state index in [9.17, 15) is 9.90 Å². The fourth-order valence-corrected chi connectivity index (χ4v) is 0.801. The maximum Gasteiger partial charge on any atom is 0.342 e. The normalized spacial score (nSPS) is 14.7. The molecule has 3 nitrogen and oxygen atoms in total. The van der Waals surface area contributed by atoms with Gasteiger partial charge < -0.3 is 9.84 Å². The Hall–Kier alpha value is -1.05. The van der Waals surface area contributed by atoms with Crippen LogP contribution in [-0.2, 0) is 9.53 Å². The van der Waals surface area contributed by atoms with Gasteiger partial charge in [0, 0.05) is 6.08 Å². The van der Waals surface area contributed by atoms with Crippen molar-refractivity contribution in [2.75, 3.05) is 6.61 Å². The molecule has 0 aromatic rings. The molecule has 0 aromatic carbocycles. The summed E-state index contributed by atoms with van der Waals surface area (Å²) < 4.78 is 4.76. The Balaban J connectivity index is 4.96. The third-order valence-electron chi connectivity index (χ3n) is 2.38. The first kappa shape index (κ1) is 14.9. The molecule has 1 atom stereocenters. The third kappa shape index (κ3) is 4.65. The Morgan fingerprint density at radius 2 is 1.88 bits per heavy atom. The molecule has 0 bridgehead atoms. The maximum atomic E-state index is 11.4. The molecule has 0 amide bonds. The monoisotopic (exact) mass is 226 g/mol. The van der Waals surface area contributed by atoms with E-state index in [2.05, 4.69) is 5.73 Å². The fraction of sp³-hybridized carbons (Fsp3) is 0.692. The number of carbonyl (C=O) groups is 1. The van der Waals surface area contributed by atoms with Crippen LogP contribution in [0.2, 0.25) is 0 Å². The van der Waals surface area contributed by atoms with Crippen LogP contribution in [0.15, 0.2) is 17.4 Å². The first-order chi connectivity index (χ1) is 7.11. The average Bonchev–Trinajstić information content (AvgIpc) is 2.13. The van der Waals surface area contributed by atoms with Gasteiger partial charge in [-0.25, -0.2) is 4.79 Å². The van der Waals surface area contributed by atoms with Gasteiger partial charge in [-0.05, 0) is 31.8 Å². The highest BCUT2D eigenvalue weighted by Crippen LogP contribution is 2.23. The largest absolute Gasteiger partial charge is 0.464 e. The first-order valence-electron chi connectivity index (χ1n) is 5.45. The molecule has 0 radical (unpaired) electrons. The van der Waals surface area contributed by atoms with Crippen molar-refractivity contribution in [1.29, 1.82) is 0 Å². The van der Waals surface area contributed by atoms with Gasteiger partial charge in [0.2, 0.25) is 0 Å². The van der Waals surface area contributed by atoms with Gasteiger partial charge in [0.05, 0.1) is 6.61 Å². The summed E-state index contributed by atoms with van der Waals surface area (Å²) >= 11 is 0. The summed E-state index contributed by atoms with van der Waals surface area (Å²) in [5.74, 6) is -0.649. The summed E-state index contributed by atoms with van der Waals surface area (Å²) in [4.78, 5) is 11.4. The molecule has 0 heterocycles. The van der Waals surface area contributed by atoms with Gasteiger partial charge >= 0.3 is 5.97 Å². The van der Waals surface area contributed by atoms with Gasteiger partial charge in [-0.15, -0.1) is 5.73 Å². The van der Waals surface area contributed by atoms with Gasteiger partial charge in [-0.2, -0.15) is 0 Å². The van der Waals surface area contributed by atoms with Crippen molar-refractivity contribution in [2.24, 2.45) is 5.41 Å².